The van der Waals surface area contributed by atoms with Crippen molar-refractivity contribution in [3.05, 3.63) is 95.1 Å². The Hall–Kier alpha value is -2.90. The van der Waals surface area contributed by atoms with Crippen molar-refractivity contribution < 1.29 is 0 Å². The molecule has 0 bridgehead atoms. The maximum atomic E-state index is 2.41. The van der Waals surface area contributed by atoms with E-state index in [-0.39, 0.29) is 0 Å². The number of aryl methyl sites for hydroxylation is 2. The standard InChI is InChI=1S/C27H20S/c1-16-7-10-26-24(11-16)25-13-17(2)12-23(27(25)28-26)20-9-8-19-14-18-5-3-4-6-21(18)22(19)15-20/h3-13,15H,14H2,1-2H3. The highest BCUT2D eigenvalue weighted by Crippen LogP contribution is 2.44. The number of thiophene rings is 1. The zero-order valence-electron chi connectivity index (χ0n) is 16.0. The monoisotopic (exact) mass is 376 g/mol. The molecular weight excluding hydrogens is 356 g/mol. The Balaban J connectivity index is 1.63. The highest BCUT2D eigenvalue weighted by molar-refractivity contribution is 7.26. The van der Waals surface area contributed by atoms with Gasteiger partial charge >= 0.3 is 0 Å². The molecule has 28 heavy (non-hydrogen) atoms. The number of benzene rings is 4. The largest absolute Gasteiger partial charge is 0.135 e. The van der Waals surface area contributed by atoms with E-state index in [0.717, 1.165) is 6.42 Å². The lowest BCUT2D eigenvalue weighted by atomic mass is 9.96. The zero-order chi connectivity index (χ0) is 18.8. The molecule has 0 saturated carbocycles. The molecule has 0 N–H and O–H groups in total. The van der Waals surface area contributed by atoms with Crippen molar-refractivity contribution in [2.45, 2.75) is 20.3 Å². The molecule has 4 aromatic carbocycles. The molecule has 0 nitrogen and oxygen atoms in total. The van der Waals surface area contributed by atoms with Crippen molar-refractivity contribution in [1.82, 2.24) is 0 Å². The number of fused-ring (bicyclic) bond motifs is 6. The van der Waals surface area contributed by atoms with Crippen molar-refractivity contribution in [3.8, 4) is 22.3 Å². The van der Waals surface area contributed by atoms with E-state index >= 15 is 0 Å². The molecule has 0 unspecified atom stereocenters. The van der Waals surface area contributed by atoms with Crippen LogP contribution in [0.3, 0.4) is 0 Å². The average molecular weight is 377 g/mol. The van der Waals surface area contributed by atoms with Crippen LogP contribution in [0.25, 0.3) is 42.4 Å². The van der Waals surface area contributed by atoms with Gasteiger partial charge < -0.3 is 0 Å². The lowest BCUT2D eigenvalue weighted by molar-refractivity contribution is 1.26. The SMILES string of the molecule is Cc1ccc2sc3c(-c4ccc5c(c4)-c4ccccc4C5)cc(C)cc3c2c1. The molecule has 1 heteroatoms. The second-order valence-electron chi connectivity index (χ2n) is 8.00. The van der Waals surface area contributed by atoms with Gasteiger partial charge in [-0.15, -0.1) is 11.3 Å². The van der Waals surface area contributed by atoms with E-state index in [9.17, 15) is 0 Å². The Labute approximate surface area is 169 Å². The van der Waals surface area contributed by atoms with E-state index in [1.165, 1.54) is 64.7 Å². The van der Waals surface area contributed by atoms with Gasteiger partial charge in [-0.3, -0.25) is 0 Å². The molecule has 0 aliphatic heterocycles. The number of hydrogen-bond acceptors (Lipinski definition) is 1. The second kappa shape index (κ2) is 5.80. The summed E-state index contributed by atoms with van der Waals surface area (Å²) in [7, 11) is 0. The van der Waals surface area contributed by atoms with Crippen LogP contribution < -0.4 is 0 Å². The molecule has 0 atom stereocenters. The Morgan fingerprint density at radius 3 is 2.39 bits per heavy atom. The molecule has 0 radical (unpaired) electrons. The molecule has 1 aliphatic carbocycles. The Morgan fingerprint density at radius 1 is 0.643 bits per heavy atom. The first-order chi connectivity index (χ1) is 13.7. The van der Waals surface area contributed by atoms with E-state index in [2.05, 4.69) is 86.6 Å². The van der Waals surface area contributed by atoms with Gasteiger partial charge in [0, 0.05) is 20.2 Å². The van der Waals surface area contributed by atoms with Gasteiger partial charge in [-0.1, -0.05) is 48.0 Å². The summed E-state index contributed by atoms with van der Waals surface area (Å²) in [6, 6.07) is 27.4. The summed E-state index contributed by atoms with van der Waals surface area (Å²) in [6.45, 7) is 4.39. The van der Waals surface area contributed by atoms with Crippen molar-refractivity contribution in [2.24, 2.45) is 0 Å². The normalized spacial score (nSPS) is 12.5. The van der Waals surface area contributed by atoms with E-state index in [1.54, 1.807) is 0 Å². The van der Waals surface area contributed by atoms with Crippen LogP contribution in [0.5, 0.6) is 0 Å². The van der Waals surface area contributed by atoms with E-state index in [4.69, 9.17) is 0 Å². The summed E-state index contributed by atoms with van der Waals surface area (Å²) >= 11 is 1.92. The van der Waals surface area contributed by atoms with E-state index in [1.807, 2.05) is 11.3 Å². The molecule has 1 aliphatic rings. The lowest BCUT2D eigenvalue weighted by Crippen LogP contribution is -1.85. The quantitative estimate of drug-likeness (QED) is 0.273. The fraction of sp³-hybridized carbons (Fsp3) is 0.111. The molecule has 0 spiro atoms. The van der Waals surface area contributed by atoms with Gasteiger partial charge in [-0.25, -0.2) is 0 Å². The Morgan fingerprint density at radius 2 is 1.46 bits per heavy atom. The third kappa shape index (κ3) is 2.30. The Bertz CT molecular complexity index is 1400. The van der Waals surface area contributed by atoms with Gasteiger partial charge in [0.15, 0.2) is 0 Å². The van der Waals surface area contributed by atoms with Crippen molar-refractivity contribution in [1.29, 1.82) is 0 Å². The summed E-state index contributed by atoms with van der Waals surface area (Å²) in [4.78, 5) is 0. The fourth-order valence-electron chi connectivity index (χ4n) is 4.64. The minimum absolute atomic E-state index is 1.05. The van der Waals surface area contributed by atoms with Gasteiger partial charge in [-0.05, 0) is 89.5 Å². The van der Waals surface area contributed by atoms with Crippen LogP contribution in [-0.4, -0.2) is 0 Å². The summed E-state index contributed by atoms with van der Waals surface area (Å²) in [5.41, 5.74) is 11.0. The predicted molar refractivity (Wildman–Crippen MR) is 122 cm³/mol. The minimum Gasteiger partial charge on any atom is -0.135 e. The predicted octanol–water partition coefficient (Wildman–Crippen LogP) is 7.91. The van der Waals surface area contributed by atoms with Crippen LogP contribution in [0.2, 0.25) is 0 Å². The Kier molecular flexibility index (Phi) is 3.33. The van der Waals surface area contributed by atoms with Crippen molar-refractivity contribution in [3.63, 3.8) is 0 Å². The van der Waals surface area contributed by atoms with E-state index in [0.29, 0.717) is 0 Å². The molecule has 5 aromatic rings. The fourth-order valence-corrected chi connectivity index (χ4v) is 5.84. The molecule has 0 fully saturated rings. The minimum atomic E-state index is 1.05. The summed E-state index contributed by atoms with van der Waals surface area (Å²) in [5, 5.41) is 2.77. The van der Waals surface area contributed by atoms with Gasteiger partial charge in [0.05, 0.1) is 0 Å². The van der Waals surface area contributed by atoms with Crippen molar-refractivity contribution in [2.75, 3.05) is 0 Å². The average Bonchev–Trinajstić information content (AvgIpc) is 3.25. The zero-order valence-corrected chi connectivity index (χ0v) is 16.9. The smallest absolute Gasteiger partial charge is 0.0434 e. The van der Waals surface area contributed by atoms with Gasteiger partial charge in [0.2, 0.25) is 0 Å². The topological polar surface area (TPSA) is 0 Å². The molecule has 6 rings (SSSR count). The van der Waals surface area contributed by atoms with Crippen LogP contribution in [0.15, 0.2) is 72.8 Å². The van der Waals surface area contributed by atoms with Crippen molar-refractivity contribution >= 4 is 31.5 Å². The third-order valence-electron chi connectivity index (χ3n) is 5.98. The molecule has 0 saturated heterocycles. The highest BCUT2D eigenvalue weighted by atomic mass is 32.1. The molecule has 1 heterocycles. The summed E-state index contributed by atoms with van der Waals surface area (Å²) in [6.07, 6.45) is 1.05. The van der Waals surface area contributed by atoms with E-state index < -0.39 is 0 Å². The summed E-state index contributed by atoms with van der Waals surface area (Å²) in [5.74, 6) is 0. The van der Waals surface area contributed by atoms with Crippen LogP contribution in [0.1, 0.15) is 22.3 Å². The lowest BCUT2D eigenvalue weighted by Gasteiger charge is -2.09. The molecular formula is C27H20S. The number of hydrogen-bond donors (Lipinski definition) is 0. The van der Waals surface area contributed by atoms with Gasteiger partial charge in [0.1, 0.15) is 0 Å². The first kappa shape index (κ1) is 16.1. The number of rotatable bonds is 1. The summed E-state index contributed by atoms with van der Waals surface area (Å²) < 4.78 is 2.77. The first-order valence-corrected chi connectivity index (χ1v) is 10.6. The molecule has 0 amide bonds. The van der Waals surface area contributed by atoms with Crippen LogP contribution in [-0.2, 0) is 6.42 Å². The molecule has 134 valence electrons. The van der Waals surface area contributed by atoms with Crippen LogP contribution >= 0.6 is 11.3 Å². The van der Waals surface area contributed by atoms with Gasteiger partial charge in [-0.2, -0.15) is 0 Å². The van der Waals surface area contributed by atoms with Crippen LogP contribution in [0.4, 0.5) is 0 Å². The third-order valence-corrected chi connectivity index (χ3v) is 7.20. The van der Waals surface area contributed by atoms with Crippen LogP contribution in [0, 0.1) is 13.8 Å². The maximum Gasteiger partial charge on any atom is 0.0434 e. The maximum absolute atomic E-state index is 2.41. The second-order valence-corrected chi connectivity index (χ2v) is 9.05. The van der Waals surface area contributed by atoms with Gasteiger partial charge in [0.25, 0.3) is 0 Å². The molecule has 1 aromatic heterocycles. The highest BCUT2D eigenvalue weighted by Gasteiger charge is 2.19. The first-order valence-electron chi connectivity index (χ1n) is 9.82.